The molecule has 1 nitrogen and oxygen atoms in total. The monoisotopic (exact) mass is 285 g/mol. The van der Waals surface area contributed by atoms with Crippen molar-refractivity contribution in [2.45, 2.75) is 25.8 Å². The van der Waals surface area contributed by atoms with E-state index in [2.05, 4.69) is 34.7 Å². The molecule has 0 aliphatic carbocycles. The molecular weight excluding hydrogens is 269 g/mol. The van der Waals surface area contributed by atoms with Crippen LogP contribution in [0.25, 0.3) is 0 Å². The topological polar surface area (TPSA) is 12.0 Å². The maximum atomic E-state index is 13.7. The predicted molar refractivity (Wildman–Crippen MR) is 69.9 cm³/mol. The van der Waals surface area contributed by atoms with Gasteiger partial charge in [-0.3, -0.25) is 0 Å². The van der Waals surface area contributed by atoms with Crippen molar-refractivity contribution >= 4 is 15.9 Å². The summed E-state index contributed by atoms with van der Waals surface area (Å²) in [5.74, 6) is -0.176. The number of hydrogen-bond donors (Lipinski definition) is 1. The van der Waals surface area contributed by atoms with Crippen molar-refractivity contribution in [1.82, 2.24) is 5.32 Å². The van der Waals surface area contributed by atoms with Crippen LogP contribution in [0.15, 0.2) is 35.3 Å². The molecule has 1 aromatic carbocycles. The number of benzene rings is 1. The fourth-order valence-electron chi connectivity index (χ4n) is 1.63. The van der Waals surface area contributed by atoms with E-state index in [1.807, 2.05) is 12.1 Å². The van der Waals surface area contributed by atoms with E-state index in [4.69, 9.17) is 0 Å². The van der Waals surface area contributed by atoms with Gasteiger partial charge in [0.15, 0.2) is 0 Å². The maximum absolute atomic E-state index is 13.7. The maximum Gasteiger partial charge on any atom is 0.129 e. The van der Waals surface area contributed by atoms with Crippen LogP contribution in [-0.2, 0) is 0 Å². The summed E-state index contributed by atoms with van der Waals surface area (Å²) in [7, 11) is 0. The first-order valence-electron chi connectivity index (χ1n) is 5.48. The van der Waals surface area contributed by atoms with Gasteiger partial charge in [0.25, 0.3) is 0 Å². The molecule has 0 amide bonds. The quantitative estimate of drug-likeness (QED) is 0.773. The lowest BCUT2D eigenvalue weighted by molar-refractivity contribution is 0.501. The van der Waals surface area contributed by atoms with Crippen molar-refractivity contribution < 1.29 is 4.39 Å². The normalized spacial score (nSPS) is 12.4. The number of rotatable bonds is 6. The standard InChI is InChI=1S/C13H17BrFN/c1-3-6-12(16-9-4-2)13-10(14)7-5-8-11(13)15/h3,5,7-8,12,16H,1,4,6,9H2,2H3. The summed E-state index contributed by atoms with van der Waals surface area (Å²) in [6.07, 6.45) is 3.56. The Labute approximate surface area is 105 Å². The highest BCUT2D eigenvalue weighted by atomic mass is 79.9. The largest absolute Gasteiger partial charge is 0.310 e. The lowest BCUT2D eigenvalue weighted by Crippen LogP contribution is -2.23. The number of halogens is 2. The average Bonchev–Trinajstić information content (AvgIpc) is 2.25. The highest BCUT2D eigenvalue weighted by molar-refractivity contribution is 9.10. The molecule has 16 heavy (non-hydrogen) atoms. The van der Waals surface area contributed by atoms with Crippen LogP contribution in [0.1, 0.15) is 31.4 Å². The molecule has 1 rings (SSSR count). The first-order chi connectivity index (χ1) is 7.70. The molecule has 1 unspecified atom stereocenters. The van der Waals surface area contributed by atoms with Gasteiger partial charge in [-0.2, -0.15) is 0 Å². The molecule has 0 radical (unpaired) electrons. The molecule has 1 aromatic rings. The minimum Gasteiger partial charge on any atom is -0.310 e. The molecular formula is C13H17BrFN. The van der Waals surface area contributed by atoms with Crippen LogP contribution in [0.4, 0.5) is 4.39 Å². The molecule has 3 heteroatoms. The van der Waals surface area contributed by atoms with Crippen LogP contribution in [0, 0.1) is 5.82 Å². The van der Waals surface area contributed by atoms with Crippen LogP contribution >= 0.6 is 15.9 Å². The fourth-order valence-corrected chi connectivity index (χ4v) is 2.25. The second-order valence-corrected chi connectivity index (χ2v) is 4.52. The van der Waals surface area contributed by atoms with Gasteiger partial charge in [-0.15, -0.1) is 6.58 Å². The molecule has 0 aliphatic rings. The van der Waals surface area contributed by atoms with E-state index >= 15 is 0 Å². The van der Waals surface area contributed by atoms with E-state index in [1.54, 1.807) is 6.07 Å². The van der Waals surface area contributed by atoms with Crippen molar-refractivity contribution in [1.29, 1.82) is 0 Å². The van der Waals surface area contributed by atoms with E-state index in [-0.39, 0.29) is 11.9 Å². The van der Waals surface area contributed by atoms with Gasteiger partial charge in [-0.25, -0.2) is 4.39 Å². The molecule has 1 N–H and O–H groups in total. The predicted octanol–water partition coefficient (Wildman–Crippen LogP) is 4.21. The van der Waals surface area contributed by atoms with Crippen LogP contribution in [0.2, 0.25) is 0 Å². The minimum atomic E-state index is -0.176. The third kappa shape index (κ3) is 3.42. The fraction of sp³-hybridized carbons (Fsp3) is 0.385. The summed E-state index contributed by atoms with van der Waals surface area (Å²) in [5, 5.41) is 3.33. The third-order valence-electron chi connectivity index (χ3n) is 2.39. The highest BCUT2D eigenvalue weighted by Gasteiger charge is 2.16. The first-order valence-corrected chi connectivity index (χ1v) is 6.28. The van der Waals surface area contributed by atoms with Crippen LogP contribution in [-0.4, -0.2) is 6.54 Å². The molecule has 0 spiro atoms. The minimum absolute atomic E-state index is 0.00646. The second kappa shape index (κ2) is 6.81. The Kier molecular flexibility index (Phi) is 5.71. The van der Waals surface area contributed by atoms with E-state index in [0.29, 0.717) is 5.56 Å². The zero-order valence-corrected chi connectivity index (χ0v) is 11.1. The van der Waals surface area contributed by atoms with Gasteiger partial charge in [0.05, 0.1) is 0 Å². The Bertz CT molecular complexity index is 332. The van der Waals surface area contributed by atoms with Crippen molar-refractivity contribution in [3.05, 3.63) is 46.7 Å². The molecule has 0 aromatic heterocycles. The Balaban J connectivity index is 2.94. The summed E-state index contributed by atoms with van der Waals surface area (Å²) in [4.78, 5) is 0. The van der Waals surface area contributed by atoms with Gasteiger partial charge in [-0.1, -0.05) is 35.0 Å². The second-order valence-electron chi connectivity index (χ2n) is 3.67. The van der Waals surface area contributed by atoms with Gasteiger partial charge in [0.2, 0.25) is 0 Å². The zero-order chi connectivity index (χ0) is 12.0. The van der Waals surface area contributed by atoms with Gasteiger partial charge < -0.3 is 5.32 Å². The average molecular weight is 286 g/mol. The Morgan fingerprint density at radius 2 is 2.31 bits per heavy atom. The summed E-state index contributed by atoms with van der Waals surface area (Å²) in [6, 6.07) is 5.05. The van der Waals surface area contributed by atoms with Crippen molar-refractivity contribution in [2.24, 2.45) is 0 Å². The molecule has 0 aliphatic heterocycles. The van der Waals surface area contributed by atoms with Gasteiger partial charge in [0, 0.05) is 16.1 Å². The van der Waals surface area contributed by atoms with Crippen LogP contribution in [0.3, 0.4) is 0 Å². The van der Waals surface area contributed by atoms with Crippen molar-refractivity contribution in [2.75, 3.05) is 6.54 Å². The molecule has 0 saturated heterocycles. The van der Waals surface area contributed by atoms with Crippen LogP contribution < -0.4 is 5.32 Å². The SMILES string of the molecule is C=CCC(NCCC)c1c(F)cccc1Br. The molecule has 0 fully saturated rings. The number of hydrogen-bond acceptors (Lipinski definition) is 1. The van der Waals surface area contributed by atoms with E-state index < -0.39 is 0 Å². The summed E-state index contributed by atoms with van der Waals surface area (Å²) in [6.45, 7) is 6.68. The first kappa shape index (κ1) is 13.4. The van der Waals surface area contributed by atoms with Gasteiger partial charge >= 0.3 is 0 Å². The zero-order valence-electron chi connectivity index (χ0n) is 9.47. The molecule has 1 atom stereocenters. The molecule has 0 heterocycles. The molecule has 0 saturated carbocycles. The Morgan fingerprint density at radius 3 is 2.88 bits per heavy atom. The molecule has 88 valence electrons. The third-order valence-corrected chi connectivity index (χ3v) is 3.08. The van der Waals surface area contributed by atoms with Gasteiger partial charge in [0.1, 0.15) is 5.82 Å². The summed E-state index contributed by atoms with van der Waals surface area (Å²) >= 11 is 3.40. The van der Waals surface area contributed by atoms with Crippen molar-refractivity contribution in [3.63, 3.8) is 0 Å². The highest BCUT2D eigenvalue weighted by Crippen LogP contribution is 2.28. The van der Waals surface area contributed by atoms with Crippen molar-refractivity contribution in [3.8, 4) is 0 Å². The molecule has 0 bridgehead atoms. The van der Waals surface area contributed by atoms with E-state index in [9.17, 15) is 4.39 Å². The lowest BCUT2D eigenvalue weighted by Gasteiger charge is -2.19. The van der Waals surface area contributed by atoms with E-state index in [0.717, 1.165) is 23.9 Å². The summed E-state index contributed by atoms with van der Waals surface area (Å²) in [5.41, 5.74) is 0.691. The summed E-state index contributed by atoms with van der Waals surface area (Å²) < 4.78 is 14.6. The van der Waals surface area contributed by atoms with Gasteiger partial charge in [-0.05, 0) is 31.5 Å². The number of nitrogens with one attached hydrogen (secondary N) is 1. The smallest absolute Gasteiger partial charge is 0.129 e. The van der Waals surface area contributed by atoms with Crippen LogP contribution in [0.5, 0.6) is 0 Å². The Morgan fingerprint density at radius 1 is 1.56 bits per heavy atom. The Hall–Kier alpha value is -0.670. The van der Waals surface area contributed by atoms with E-state index in [1.165, 1.54) is 6.07 Å². The lowest BCUT2D eigenvalue weighted by atomic mass is 10.0.